The molecule has 10 heteroatoms. The highest BCUT2D eigenvalue weighted by Gasteiger charge is 2.02. The molecule has 0 aliphatic rings. The number of rotatable bonds is 16. The first kappa shape index (κ1) is 22.0. The number of carbonyl (C=O) groups excluding carboxylic acids is 1. The van der Waals surface area contributed by atoms with Crippen molar-refractivity contribution in [3.63, 3.8) is 0 Å². The zero-order valence-corrected chi connectivity index (χ0v) is 15.2. The molecular weight excluding hydrogens is 406 g/mol. The van der Waals surface area contributed by atoms with Gasteiger partial charge in [0.2, 0.25) is 5.91 Å². The maximum absolute atomic E-state index is 11.4. The lowest BCUT2D eigenvalue weighted by Crippen LogP contribution is -2.32. The van der Waals surface area contributed by atoms with Crippen LogP contribution in [0, 0.1) is 0 Å². The van der Waals surface area contributed by atoms with Crippen molar-refractivity contribution in [2.24, 2.45) is 0 Å². The van der Waals surface area contributed by atoms with Gasteiger partial charge in [-0.05, 0) is 6.92 Å². The molecular formula is C12H26BIN2O6. The quantitative estimate of drug-likeness (QED) is 0.167. The summed E-state index contributed by atoms with van der Waals surface area (Å²) < 4.78 is 20.8. The van der Waals surface area contributed by atoms with Crippen LogP contribution in [0.1, 0.15) is 6.92 Å². The van der Waals surface area contributed by atoms with Crippen LogP contribution in [0.3, 0.4) is 0 Å². The van der Waals surface area contributed by atoms with Crippen LogP contribution in [0.2, 0.25) is 0 Å². The third-order valence-corrected chi connectivity index (χ3v) is 2.75. The molecule has 0 rings (SSSR count). The maximum atomic E-state index is 11.4. The Kier molecular flexibility index (Phi) is 17.4. The van der Waals surface area contributed by atoms with E-state index >= 15 is 0 Å². The summed E-state index contributed by atoms with van der Waals surface area (Å²) in [6, 6.07) is 0. The highest BCUT2D eigenvalue weighted by molar-refractivity contribution is 14.1. The summed E-state index contributed by atoms with van der Waals surface area (Å²) in [6.45, 7) is 6.43. The standard InChI is InChI=1S/C12H26BIN2O6/c1-2-19-7-8-20-5-3-15-12(17)11-22-10-9-21-6-4-16-13(14)18/h16,18H,2-11H2,1H3,(H,15,17). The van der Waals surface area contributed by atoms with Crippen molar-refractivity contribution in [3.05, 3.63) is 0 Å². The van der Waals surface area contributed by atoms with Crippen molar-refractivity contribution in [3.8, 4) is 0 Å². The zero-order valence-electron chi connectivity index (χ0n) is 13.0. The van der Waals surface area contributed by atoms with Gasteiger partial charge >= 0.3 is 4.91 Å². The number of amides is 1. The van der Waals surface area contributed by atoms with Gasteiger partial charge in [0.05, 0.1) is 39.6 Å². The monoisotopic (exact) mass is 432 g/mol. The van der Waals surface area contributed by atoms with Crippen LogP contribution in [0.25, 0.3) is 0 Å². The molecule has 0 fully saturated rings. The first-order chi connectivity index (χ1) is 10.7. The Bertz CT molecular complexity index is 264. The van der Waals surface area contributed by atoms with Gasteiger partial charge in [-0.25, -0.2) is 0 Å². The summed E-state index contributed by atoms with van der Waals surface area (Å²) in [5, 5.41) is 14.4. The molecule has 0 aliphatic carbocycles. The van der Waals surface area contributed by atoms with E-state index in [1.165, 1.54) is 0 Å². The average molecular weight is 432 g/mol. The molecule has 22 heavy (non-hydrogen) atoms. The molecule has 1 amide bonds. The molecule has 8 nitrogen and oxygen atoms in total. The smallest absolute Gasteiger partial charge is 0.429 e. The Morgan fingerprint density at radius 1 is 1.00 bits per heavy atom. The predicted octanol–water partition coefficient (Wildman–Crippen LogP) is -0.809. The van der Waals surface area contributed by atoms with Crippen LogP contribution >= 0.6 is 22.4 Å². The van der Waals surface area contributed by atoms with Crippen molar-refractivity contribution >= 4 is 33.2 Å². The summed E-state index contributed by atoms with van der Waals surface area (Å²) >= 11 is 1.85. The Hall–Kier alpha value is 0.0249. The molecule has 0 bridgehead atoms. The SMILES string of the molecule is CCOCCOCCNC(=O)COCCOCCNB(O)I. The first-order valence-electron chi connectivity index (χ1n) is 7.30. The molecule has 130 valence electrons. The van der Waals surface area contributed by atoms with Crippen LogP contribution in [0.15, 0.2) is 0 Å². The predicted molar refractivity (Wildman–Crippen MR) is 92.0 cm³/mol. The molecule has 0 heterocycles. The summed E-state index contributed by atoms with van der Waals surface area (Å²) in [6.07, 6.45) is 0. The highest BCUT2D eigenvalue weighted by atomic mass is 127. The van der Waals surface area contributed by atoms with E-state index in [0.29, 0.717) is 59.3 Å². The molecule has 0 unspecified atom stereocenters. The Morgan fingerprint density at radius 3 is 2.23 bits per heavy atom. The van der Waals surface area contributed by atoms with Gasteiger partial charge in [-0.1, -0.05) is 22.4 Å². The Balaban J connectivity index is 3.16. The average Bonchev–Trinajstić information content (AvgIpc) is 2.48. The normalized spacial score (nSPS) is 10.7. The number of hydrogen-bond acceptors (Lipinski definition) is 7. The second kappa shape index (κ2) is 17.4. The van der Waals surface area contributed by atoms with Crippen molar-refractivity contribution in [1.82, 2.24) is 10.5 Å². The van der Waals surface area contributed by atoms with Crippen molar-refractivity contribution in [2.75, 3.05) is 65.9 Å². The van der Waals surface area contributed by atoms with E-state index in [1.54, 1.807) is 0 Å². The minimum atomic E-state index is -0.565. The molecule has 0 saturated heterocycles. The number of hydrogen-bond donors (Lipinski definition) is 3. The van der Waals surface area contributed by atoms with Gasteiger partial charge in [-0.3, -0.25) is 4.79 Å². The van der Waals surface area contributed by atoms with Crippen molar-refractivity contribution in [2.45, 2.75) is 6.92 Å². The lowest BCUT2D eigenvalue weighted by atomic mass is 10.3. The molecule has 0 aromatic heterocycles. The number of halogens is 1. The topological polar surface area (TPSA) is 98.3 Å². The van der Waals surface area contributed by atoms with Crippen LogP contribution in [-0.2, 0) is 23.7 Å². The van der Waals surface area contributed by atoms with Gasteiger partial charge < -0.3 is 34.5 Å². The van der Waals surface area contributed by atoms with Crippen LogP contribution in [0.4, 0.5) is 0 Å². The fourth-order valence-corrected chi connectivity index (χ4v) is 1.62. The fourth-order valence-electron chi connectivity index (χ4n) is 1.31. The van der Waals surface area contributed by atoms with E-state index in [9.17, 15) is 4.79 Å². The second-order valence-electron chi connectivity index (χ2n) is 4.11. The van der Waals surface area contributed by atoms with Gasteiger partial charge in [0.1, 0.15) is 6.61 Å². The summed E-state index contributed by atoms with van der Waals surface area (Å²) in [7, 11) is 0. The molecule has 0 aliphatic heterocycles. The third-order valence-electron chi connectivity index (χ3n) is 2.31. The second-order valence-corrected chi connectivity index (χ2v) is 5.29. The van der Waals surface area contributed by atoms with Gasteiger partial charge in [-0.15, -0.1) is 0 Å². The van der Waals surface area contributed by atoms with Crippen LogP contribution < -0.4 is 10.5 Å². The van der Waals surface area contributed by atoms with Gasteiger partial charge in [0.25, 0.3) is 0 Å². The van der Waals surface area contributed by atoms with Gasteiger partial charge in [0, 0.05) is 19.7 Å². The van der Waals surface area contributed by atoms with Crippen molar-refractivity contribution in [1.29, 1.82) is 0 Å². The highest BCUT2D eigenvalue weighted by Crippen LogP contribution is 1.83. The minimum absolute atomic E-state index is 0.00696. The molecule has 3 N–H and O–H groups in total. The number of ether oxygens (including phenoxy) is 4. The lowest BCUT2D eigenvalue weighted by molar-refractivity contribution is -0.126. The van der Waals surface area contributed by atoms with E-state index in [0.717, 1.165) is 0 Å². The van der Waals surface area contributed by atoms with Crippen LogP contribution in [0.5, 0.6) is 0 Å². The molecule has 0 aromatic rings. The van der Waals surface area contributed by atoms with E-state index in [2.05, 4.69) is 10.5 Å². The number of carbonyl (C=O) groups is 1. The van der Waals surface area contributed by atoms with E-state index in [4.69, 9.17) is 24.0 Å². The van der Waals surface area contributed by atoms with Crippen LogP contribution in [-0.4, -0.2) is 81.8 Å². The number of nitrogens with one attached hydrogen (secondary N) is 2. The first-order valence-corrected chi connectivity index (χ1v) is 8.54. The van der Waals surface area contributed by atoms with Gasteiger partial charge in [-0.2, -0.15) is 0 Å². The largest absolute Gasteiger partial charge is 0.451 e. The summed E-state index contributed by atoms with van der Waals surface area (Å²) in [5.41, 5.74) is 0. The molecule has 0 atom stereocenters. The Labute approximate surface area is 145 Å². The zero-order chi connectivity index (χ0) is 16.5. The lowest BCUT2D eigenvalue weighted by Gasteiger charge is -2.08. The fraction of sp³-hybridized carbons (Fsp3) is 0.917. The molecule has 0 saturated carbocycles. The minimum Gasteiger partial charge on any atom is -0.429 e. The van der Waals surface area contributed by atoms with Gasteiger partial charge in [0.15, 0.2) is 0 Å². The maximum Gasteiger partial charge on any atom is 0.451 e. The van der Waals surface area contributed by atoms with E-state index in [1.807, 2.05) is 29.3 Å². The summed E-state index contributed by atoms with van der Waals surface area (Å²) in [5.74, 6) is -0.178. The summed E-state index contributed by atoms with van der Waals surface area (Å²) in [4.78, 5) is 10.8. The Morgan fingerprint density at radius 2 is 1.59 bits per heavy atom. The molecule has 0 aromatic carbocycles. The molecule has 0 spiro atoms. The van der Waals surface area contributed by atoms with E-state index < -0.39 is 4.91 Å². The van der Waals surface area contributed by atoms with E-state index in [-0.39, 0.29) is 12.5 Å². The molecule has 0 radical (unpaired) electrons. The third kappa shape index (κ3) is 18.1. The van der Waals surface area contributed by atoms with Crippen molar-refractivity contribution < 1.29 is 28.8 Å².